The minimum absolute atomic E-state index is 0.248. The fourth-order valence-electron chi connectivity index (χ4n) is 5.44. The number of nitrogens with zero attached hydrogens (tertiary/aromatic N) is 3. The Morgan fingerprint density at radius 3 is 2.28 bits per heavy atom. The molecule has 10 heteroatoms. The molecular weight excluding hydrogens is 592 g/mol. The Balaban J connectivity index is 1.61. The third-order valence-electron chi connectivity index (χ3n) is 7.64. The minimum atomic E-state index is -4.42. The zero-order valence-electron chi connectivity index (χ0n) is 20.2. The van der Waals surface area contributed by atoms with Gasteiger partial charge in [0.05, 0.1) is 17.4 Å². The summed E-state index contributed by atoms with van der Waals surface area (Å²) < 4.78 is 64.5. The number of hydrogen-bond acceptors (Lipinski definition) is 3. The number of pyridine rings is 1. The van der Waals surface area contributed by atoms with Gasteiger partial charge in [0.2, 0.25) is 0 Å². The van der Waals surface area contributed by atoms with Gasteiger partial charge >= 0.3 is 10.1 Å². The van der Waals surface area contributed by atoms with Crippen LogP contribution in [0.1, 0.15) is 48.1 Å². The molecule has 1 aromatic carbocycles. The number of carbonyl (C=O) groups excluding carboxylic acids is 1. The van der Waals surface area contributed by atoms with Crippen LogP contribution < -0.4 is 4.90 Å². The van der Waals surface area contributed by atoms with E-state index in [0.29, 0.717) is 49.0 Å². The number of alkyl halides is 6. The lowest BCUT2D eigenvalue weighted by atomic mass is 9.63. The van der Waals surface area contributed by atoms with Crippen LogP contribution >= 0.6 is 22.6 Å². The second-order valence-corrected chi connectivity index (χ2v) is 11.3. The Hall–Kier alpha value is -2.08. The number of halogens is 6. The molecule has 2 aliphatic rings. The van der Waals surface area contributed by atoms with E-state index >= 15 is 0 Å². The van der Waals surface area contributed by atoms with Crippen molar-refractivity contribution < 1.29 is 26.7 Å². The van der Waals surface area contributed by atoms with Crippen molar-refractivity contribution in [2.75, 3.05) is 25.5 Å². The summed E-state index contributed by atoms with van der Waals surface area (Å²) in [6.45, 7) is 2.03. The van der Waals surface area contributed by atoms with Crippen LogP contribution in [0.25, 0.3) is 0 Å². The first-order valence-electron chi connectivity index (χ1n) is 11.6. The van der Waals surface area contributed by atoms with Gasteiger partial charge in [-0.05, 0) is 76.0 Å². The van der Waals surface area contributed by atoms with E-state index < -0.39 is 21.2 Å². The van der Waals surface area contributed by atoms with Crippen molar-refractivity contribution in [3.63, 3.8) is 0 Å². The number of rotatable bonds is 4. The molecule has 1 fully saturated rings. The topological polar surface area (TPSA) is 36.4 Å². The number of amides is 1. The van der Waals surface area contributed by atoms with Crippen LogP contribution in [0.5, 0.6) is 0 Å². The first-order valence-corrected chi connectivity index (χ1v) is 12.6. The number of aromatic nitrogens is 1. The summed E-state index contributed by atoms with van der Waals surface area (Å²) in [5.74, 6) is -0.248. The fraction of sp³-hybridized carbons (Fsp3) is 0.462. The lowest BCUT2D eigenvalue weighted by Gasteiger charge is -2.51. The molecular formula is C26H27F5IN3O. The van der Waals surface area contributed by atoms with E-state index in [1.165, 1.54) is 30.5 Å². The predicted molar refractivity (Wildman–Crippen MR) is 136 cm³/mol. The van der Waals surface area contributed by atoms with E-state index in [0.717, 1.165) is 28.7 Å². The Kier molecular flexibility index (Phi) is 7.00. The maximum absolute atomic E-state index is 13.7. The second kappa shape index (κ2) is 9.34. The van der Waals surface area contributed by atoms with Crippen molar-refractivity contribution in [3.8, 4) is 0 Å². The number of anilines is 1. The summed E-state index contributed by atoms with van der Waals surface area (Å²) in [7, 11) is 3.76. The quantitative estimate of drug-likeness (QED) is 0.214. The summed E-state index contributed by atoms with van der Waals surface area (Å²) in [5, 5.41) is 0. The van der Waals surface area contributed by atoms with Crippen molar-refractivity contribution in [2.45, 2.75) is 48.3 Å². The molecule has 1 amide bonds. The summed E-state index contributed by atoms with van der Waals surface area (Å²) in [5.41, 5.74) is -0.341. The van der Waals surface area contributed by atoms with Crippen molar-refractivity contribution in [2.24, 2.45) is 5.41 Å². The fourth-order valence-corrected chi connectivity index (χ4v) is 5.73. The van der Waals surface area contributed by atoms with E-state index in [9.17, 15) is 26.7 Å². The monoisotopic (exact) mass is 619 g/mol. The third-order valence-corrected chi connectivity index (χ3v) is 8.19. The molecule has 36 heavy (non-hydrogen) atoms. The van der Waals surface area contributed by atoms with Crippen molar-refractivity contribution in [1.82, 2.24) is 9.88 Å². The molecule has 1 aliphatic carbocycles. The average Bonchev–Trinajstić information content (AvgIpc) is 2.80. The van der Waals surface area contributed by atoms with Gasteiger partial charge in [0, 0.05) is 46.2 Å². The molecule has 1 spiro atoms. The Morgan fingerprint density at radius 1 is 1.06 bits per heavy atom. The normalized spacial score (nSPS) is 25.2. The van der Waals surface area contributed by atoms with E-state index in [1.807, 2.05) is 25.1 Å². The van der Waals surface area contributed by atoms with Crippen LogP contribution in [0.2, 0.25) is 0 Å². The molecule has 0 radical (unpaired) electrons. The lowest BCUT2D eigenvalue weighted by molar-refractivity contribution is -0.137. The summed E-state index contributed by atoms with van der Waals surface area (Å²) in [6.07, 6.45) is 2.82. The largest absolute Gasteiger partial charge is 0.416 e. The zero-order valence-corrected chi connectivity index (χ0v) is 22.3. The predicted octanol–water partition coefficient (Wildman–Crippen LogP) is 6.81. The van der Waals surface area contributed by atoms with Gasteiger partial charge < -0.3 is 4.90 Å². The Morgan fingerprint density at radius 2 is 1.72 bits per heavy atom. The maximum atomic E-state index is 13.7. The standard InChI is InChI=1S/C26H27F5IN3O/c1-17-13-21(26(30,31)32)33-15-20(17)35-16-23(8-7-22(35)36)9-11-24(12-10-23,34(2)3)18-5-4-6-19(14-18)25(27,28)29/h4-8,13-15H,9-12,16H2,1-3H3. The van der Waals surface area contributed by atoms with Gasteiger partial charge in [-0.3, -0.25) is 14.7 Å². The molecule has 2 aromatic rings. The molecule has 1 aliphatic heterocycles. The number of aryl methyl sites for hydroxylation is 1. The Labute approximate surface area is 220 Å². The second-order valence-electron chi connectivity index (χ2n) is 9.98. The van der Waals surface area contributed by atoms with Crippen LogP contribution in [-0.2, 0) is 20.4 Å². The van der Waals surface area contributed by atoms with Gasteiger partial charge in [0.25, 0.3) is 5.91 Å². The smallest absolute Gasteiger partial charge is 0.306 e. The molecule has 0 bridgehead atoms. The van der Waals surface area contributed by atoms with Gasteiger partial charge in [-0.25, -0.2) is 0 Å². The van der Waals surface area contributed by atoms with Crippen LogP contribution in [0.3, 0.4) is 0 Å². The third kappa shape index (κ3) is 5.03. The van der Waals surface area contributed by atoms with Crippen LogP contribution in [0.4, 0.5) is 27.6 Å². The summed E-state index contributed by atoms with van der Waals surface area (Å²) in [4.78, 5) is 20.2. The van der Waals surface area contributed by atoms with E-state index in [2.05, 4.69) is 4.98 Å². The van der Waals surface area contributed by atoms with Crippen LogP contribution in [0.15, 0.2) is 48.7 Å². The number of carbonyl (C=O) groups is 1. The van der Waals surface area contributed by atoms with E-state index in [4.69, 9.17) is 0 Å². The van der Waals surface area contributed by atoms with Crippen molar-refractivity contribution in [1.29, 1.82) is 0 Å². The molecule has 1 aromatic heterocycles. The Bertz CT molecular complexity index is 1180. The lowest BCUT2D eigenvalue weighted by Crippen LogP contribution is -2.51. The van der Waals surface area contributed by atoms with Gasteiger partial charge in [-0.15, -0.1) is 0 Å². The first-order chi connectivity index (χ1) is 16.7. The maximum Gasteiger partial charge on any atom is 0.416 e. The summed E-state index contributed by atoms with van der Waals surface area (Å²) in [6, 6.07) is 6.82. The van der Waals surface area contributed by atoms with E-state index in [1.54, 1.807) is 17.9 Å². The molecule has 2 heterocycles. The molecule has 0 saturated heterocycles. The van der Waals surface area contributed by atoms with Crippen molar-refractivity contribution >= 4 is 34.2 Å². The average molecular weight is 619 g/mol. The number of benzene rings is 1. The zero-order chi connectivity index (χ0) is 26.5. The molecule has 0 unspecified atom stereocenters. The van der Waals surface area contributed by atoms with Gasteiger partial charge in [0.15, 0.2) is 0 Å². The molecule has 1 saturated carbocycles. The minimum Gasteiger partial charge on any atom is -0.306 e. The van der Waals surface area contributed by atoms with Crippen LogP contribution in [0, 0.1) is 12.3 Å². The molecule has 4 nitrogen and oxygen atoms in total. The highest BCUT2D eigenvalue weighted by molar-refractivity contribution is 14.1. The number of hydrogen-bond donors (Lipinski definition) is 0. The van der Waals surface area contributed by atoms with Crippen molar-refractivity contribution in [3.05, 3.63) is 71.1 Å². The highest BCUT2D eigenvalue weighted by Crippen LogP contribution is 2.51. The summed E-state index contributed by atoms with van der Waals surface area (Å²) >= 11 is 1.02. The molecule has 4 rings (SSSR count). The SMILES string of the molecule is Cc1cc(C(F)(F)I)ncc1N1CC2(C=CC1=O)CCC(c1cccc(C(F)(F)F)c1)(N(C)C)CC2. The molecule has 194 valence electrons. The molecule has 0 atom stereocenters. The highest BCUT2D eigenvalue weighted by Gasteiger charge is 2.47. The molecule has 0 N–H and O–H groups in total. The van der Waals surface area contributed by atoms with Gasteiger partial charge in [-0.1, -0.05) is 18.2 Å². The van der Waals surface area contributed by atoms with E-state index in [-0.39, 0.29) is 17.0 Å². The van der Waals surface area contributed by atoms with Gasteiger partial charge in [-0.2, -0.15) is 22.0 Å². The highest BCUT2D eigenvalue weighted by atomic mass is 127. The first kappa shape index (κ1) is 27.0. The van der Waals surface area contributed by atoms with Gasteiger partial charge in [0.1, 0.15) is 5.69 Å². The van der Waals surface area contributed by atoms with Crippen LogP contribution in [-0.4, -0.2) is 36.4 Å².